The van der Waals surface area contributed by atoms with Crippen LogP contribution < -0.4 is 0 Å². The number of hydrogen-bond donors (Lipinski definition) is 0. The van der Waals surface area contributed by atoms with E-state index in [1.807, 2.05) is 9.80 Å². The van der Waals surface area contributed by atoms with Crippen molar-refractivity contribution in [1.82, 2.24) is 15.0 Å². The van der Waals surface area contributed by atoms with Crippen molar-refractivity contribution < 1.29 is 18.5 Å². The first kappa shape index (κ1) is 21.5. The zero-order chi connectivity index (χ0) is 22.0. The molecular formula is C24H30FN3O3. The van der Waals surface area contributed by atoms with E-state index in [-0.39, 0.29) is 30.1 Å². The number of piperidine rings is 2. The highest BCUT2D eigenvalue weighted by Gasteiger charge is 2.36. The van der Waals surface area contributed by atoms with Crippen molar-refractivity contribution in [3.05, 3.63) is 52.7 Å². The lowest BCUT2D eigenvalue weighted by molar-refractivity contribution is -0.136. The van der Waals surface area contributed by atoms with E-state index in [4.69, 9.17) is 4.52 Å². The van der Waals surface area contributed by atoms with Crippen molar-refractivity contribution in [2.75, 3.05) is 19.6 Å². The molecule has 0 bridgehead atoms. The number of amides is 2. The first-order valence-electron chi connectivity index (χ1n) is 11.2. The van der Waals surface area contributed by atoms with Gasteiger partial charge in [0.15, 0.2) is 0 Å². The molecule has 2 aliphatic heterocycles. The summed E-state index contributed by atoms with van der Waals surface area (Å²) in [6.45, 7) is 5.62. The third kappa shape index (κ3) is 4.50. The fourth-order valence-corrected chi connectivity index (χ4v) is 5.10. The SMILES string of the molecule is Cc1noc(C)c1C(=O)N1CCC(C2CCCCN2C(=O)Cc2ccccc2F)CC1. The lowest BCUT2D eigenvalue weighted by atomic mass is 9.83. The molecule has 0 radical (unpaired) electrons. The van der Waals surface area contributed by atoms with Gasteiger partial charge in [-0.1, -0.05) is 23.4 Å². The third-order valence-electron chi connectivity index (χ3n) is 6.79. The molecule has 7 heteroatoms. The van der Waals surface area contributed by atoms with E-state index in [1.54, 1.807) is 32.0 Å². The molecule has 6 nitrogen and oxygen atoms in total. The summed E-state index contributed by atoms with van der Waals surface area (Å²) >= 11 is 0. The van der Waals surface area contributed by atoms with Gasteiger partial charge < -0.3 is 14.3 Å². The number of carbonyl (C=O) groups excluding carboxylic acids is 2. The molecule has 0 N–H and O–H groups in total. The van der Waals surface area contributed by atoms with Crippen LogP contribution in [0.15, 0.2) is 28.8 Å². The fraction of sp³-hybridized carbons (Fsp3) is 0.542. The molecule has 2 amide bonds. The molecule has 31 heavy (non-hydrogen) atoms. The second-order valence-electron chi connectivity index (χ2n) is 8.75. The Morgan fingerprint density at radius 2 is 1.84 bits per heavy atom. The molecule has 0 spiro atoms. The summed E-state index contributed by atoms with van der Waals surface area (Å²) in [4.78, 5) is 29.8. The van der Waals surface area contributed by atoms with Gasteiger partial charge in [0.25, 0.3) is 5.91 Å². The van der Waals surface area contributed by atoms with Crippen molar-refractivity contribution in [2.24, 2.45) is 5.92 Å². The van der Waals surface area contributed by atoms with Crippen LogP contribution >= 0.6 is 0 Å². The zero-order valence-electron chi connectivity index (χ0n) is 18.3. The summed E-state index contributed by atoms with van der Waals surface area (Å²) in [7, 11) is 0. The van der Waals surface area contributed by atoms with Gasteiger partial charge in [-0.05, 0) is 63.5 Å². The van der Waals surface area contributed by atoms with Crippen LogP contribution in [0.4, 0.5) is 4.39 Å². The Hall–Kier alpha value is -2.70. The van der Waals surface area contributed by atoms with Gasteiger partial charge in [0, 0.05) is 25.7 Å². The van der Waals surface area contributed by atoms with Gasteiger partial charge in [0.1, 0.15) is 17.1 Å². The number of hydrogen-bond acceptors (Lipinski definition) is 4. The molecule has 166 valence electrons. The molecule has 2 aromatic rings. The van der Waals surface area contributed by atoms with Crippen molar-refractivity contribution in [3.63, 3.8) is 0 Å². The largest absolute Gasteiger partial charge is 0.361 e. The summed E-state index contributed by atoms with van der Waals surface area (Å²) in [5.74, 6) is 0.575. The number of aryl methyl sites for hydroxylation is 2. The molecule has 0 aliphatic carbocycles. The maximum atomic E-state index is 14.0. The van der Waals surface area contributed by atoms with Gasteiger partial charge in [-0.3, -0.25) is 9.59 Å². The molecule has 1 atom stereocenters. The average molecular weight is 428 g/mol. The van der Waals surface area contributed by atoms with Gasteiger partial charge >= 0.3 is 0 Å². The van der Waals surface area contributed by atoms with Crippen LogP contribution in [0.2, 0.25) is 0 Å². The molecule has 1 aromatic carbocycles. The highest BCUT2D eigenvalue weighted by molar-refractivity contribution is 5.96. The van der Waals surface area contributed by atoms with E-state index in [2.05, 4.69) is 5.16 Å². The number of likely N-dealkylation sites (tertiary alicyclic amines) is 2. The van der Waals surface area contributed by atoms with Crippen molar-refractivity contribution in [2.45, 2.75) is 58.4 Å². The lowest BCUT2D eigenvalue weighted by Gasteiger charge is -2.43. The predicted molar refractivity (Wildman–Crippen MR) is 114 cm³/mol. The molecule has 2 aliphatic rings. The van der Waals surface area contributed by atoms with E-state index >= 15 is 0 Å². The maximum absolute atomic E-state index is 14.0. The smallest absolute Gasteiger partial charge is 0.259 e. The molecule has 4 rings (SSSR count). The molecule has 1 aromatic heterocycles. The van der Waals surface area contributed by atoms with Crippen LogP contribution in [-0.4, -0.2) is 52.4 Å². The van der Waals surface area contributed by atoms with Crippen LogP contribution in [0.3, 0.4) is 0 Å². The van der Waals surface area contributed by atoms with Crippen molar-refractivity contribution in [3.8, 4) is 0 Å². The Balaban J connectivity index is 1.40. The summed E-state index contributed by atoms with van der Waals surface area (Å²) in [6.07, 6.45) is 4.90. The summed E-state index contributed by atoms with van der Waals surface area (Å²) in [5, 5.41) is 3.90. The third-order valence-corrected chi connectivity index (χ3v) is 6.79. The van der Waals surface area contributed by atoms with Gasteiger partial charge in [0.2, 0.25) is 5.91 Å². The number of nitrogens with zero attached hydrogens (tertiary/aromatic N) is 3. The lowest BCUT2D eigenvalue weighted by Crippen LogP contribution is -2.51. The Morgan fingerprint density at radius 1 is 1.10 bits per heavy atom. The Labute approximate surface area is 182 Å². The fourth-order valence-electron chi connectivity index (χ4n) is 5.10. The van der Waals surface area contributed by atoms with Crippen LogP contribution in [-0.2, 0) is 11.2 Å². The standard InChI is InChI=1S/C24H30FN3O3/c1-16-23(17(2)31-26-16)24(30)27-13-10-18(11-14-27)21-9-5-6-12-28(21)22(29)15-19-7-3-4-8-20(19)25/h3-4,7-8,18,21H,5-6,9-15H2,1-2H3. The highest BCUT2D eigenvalue weighted by Crippen LogP contribution is 2.32. The quantitative estimate of drug-likeness (QED) is 0.742. The van der Waals surface area contributed by atoms with E-state index in [0.717, 1.165) is 38.6 Å². The highest BCUT2D eigenvalue weighted by atomic mass is 19.1. The first-order chi connectivity index (χ1) is 15.0. The van der Waals surface area contributed by atoms with E-state index < -0.39 is 0 Å². The van der Waals surface area contributed by atoms with Gasteiger partial charge in [-0.15, -0.1) is 0 Å². The minimum absolute atomic E-state index is 0.00373. The minimum Gasteiger partial charge on any atom is -0.361 e. The Morgan fingerprint density at radius 3 is 2.52 bits per heavy atom. The second-order valence-corrected chi connectivity index (χ2v) is 8.75. The molecule has 2 fully saturated rings. The summed E-state index contributed by atoms with van der Waals surface area (Å²) < 4.78 is 19.2. The summed E-state index contributed by atoms with van der Waals surface area (Å²) in [5.41, 5.74) is 1.65. The van der Waals surface area contributed by atoms with Gasteiger partial charge in [-0.2, -0.15) is 0 Å². The Kier molecular flexibility index (Phi) is 6.39. The van der Waals surface area contributed by atoms with E-state index in [0.29, 0.717) is 41.6 Å². The molecular weight excluding hydrogens is 397 g/mol. The zero-order valence-corrected chi connectivity index (χ0v) is 18.3. The first-order valence-corrected chi connectivity index (χ1v) is 11.2. The van der Waals surface area contributed by atoms with E-state index in [1.165, 1.54) is 6.07 Å². The average Bonchev–Trinajstić information content (AvgIpc) is 3.13. The van der Waals surface area contributed by atoms with Gasteiger partial charge in [-0.25, -0.2) is 4.39 Å². The second kappa shape index (κ2) is 9.20. The topological polar surface area (TPSA) is 66.7 Å². The van der Waals surface area contributed by atoms with Crippen molar-refractivity contribution in [1.29, 1.82) is 0 Å². The number of rotatable bonds is 4. The van der Waals surface area contributed by atoms with Crippen molar-refractivity contribution >= 4 is 11.8 Å². The van der Waals surface area contributed by atoms with Crippen LogP contribution in [0.25, 0.3) is 0 Å². The molecule has 0 saturated carbocycles. The number of aromatic nitrogens is 1. The Bertz CT molecular complexity index is 930. The molecule has 2 saturated heterocycles. The number of benzene rings is 1. The summed E-state index contributed by atoms with van der Waals surface area (Å²) in [6, 6.07) is 6.67. The molecule has 3 heterocycles. The monoisotopic (exact) mass is 427 g/mol. The maximum Gasteiger partial charge on any atom is 0.259 e. The minimum atomic E-state index is -0.324. The van der Waals surface area contributed by atoms with Crippen LogP contribution in [0.5, 0.6) is 0 Å². The van der Waals surface area contributed by atoms with E-state index in [9.17, 15) is 14.0 Å². The predicted octanol–water partition coefficient (Wildman–Crippen LogP) is 3.91. The molecule has 1 unspecified atom stereocenters. The van der Waals surface area contributed by atoms with Gasteiger partial charge in [0.05, 0.1) is 12.1 Å². The number of halogens is 1. The number of carbonyl (C=O) groups is 2. The normalized spacial score (nSPS) is 20.2. The van der Waals surface area contributed by atoms with Crippen LogP contribution in [0, 0.1) is 25.6 Å². The van der Waals surface area contributed by atoms with Crippen LogP contribution in [0.1, 0.15) is 59.5 Å².